The number of nitrogens with one attached hydrogen (secondary N) is 2. The fourth-order valence-electron chi connectivity index (χ4n) is 3.71. The molecule has 0 fully saturated rings. The second-order valence-corrected chi connectivity index (χ2v) is 8.89. The van der Waals surface area contributed by atoms with Gasteiger partial charge in [-0.2, -0.15) is 10.2 Å². The highest BCUT2D eigenvalue weighted by Gasteiger charge is 2.09. The maximum atomic E-state index is 12.5. The molecular formula is C32H30N4O5. The summed E-state index contributed by atoms with van der Waals surface area (Å²) >= 11 is 0. The molecule has 208 valence electrons. The molecule has 0 saturated heterocycles. The highest BCUT2D eigenvalue weighted by Crippen LogP contribution is 2.22. The van der Waals surface area contributed by atoms with Crippen molar-refractivity contribution in [2.24, 2.45) is 10.2 Å². The largest absolute Gasteiger partial charge is 0.497 e. The van der Waals surface area contributed by atoms with Gasteiger partial charge in [-0.15, -0.1) is 0 Å². The molecule has 0 aromatic heterocycles. The smallest absolute Gasteiger partial charge is 0.271 e. The molecule has 4 aromatic rings. The second kappa shape index (κ2) is 13.6. The predicted molar refractivity (Wildman–Crippen MR) is 158 cm³/mol. The molecule has 4 aromatic carbocycles. The van der Waals surface area contributed by atoms with Gasteiger partial charge in [-0.1, -0.05) is 24.3 Å². The fourth-order valence-corrected chi connectivity index (χ4v) is 3.71. The van der Waals surface area contributed by atoms with Gasteiger partial charge >= 0.3 is 0 Å². The number of benzene rings is 4. The van der Waals surface area contributed by atoms with Crippen molar-refractivity contribution in [2.45, 2.75) is 13.8 Å². The van der Waals surface area contributed by atoms with Crippen molar-refractivity contribution in [2.75, 3.05) is 14.2 Å². The Labute approximate surface area is 238 Å². The number of rotatable bonds is 10. The van der Waals surface area contributed by atoms with E-state index < -0.39 is 0 Å². The number of nitrogens with zero attached hydrogens (tertiary/aromatic N) is 2. The summed E-state index contributed by atoms with van der Waals surface area (Å²) in [6.45, 7) is 3.61. The van der Waals surface area contributed by atoms with E-state index in [0.717, 1.165) is 11.1 Å². The molecule has 0 atom stereocenters. The lowest BCUT2D eigenvalue weighted by atomic mass is 10.1. The van der Waals surface area contributed by atoms with E-state index in [0.29, 0.717) is 45.5 Å². The summed E-state index contributed by atoms with van der Waals surface area (Å²) in [6.07, 6.45) is 0. The molecular weight excluding hydrogens is 520 g/mol. The van der Waals surface area contributed by atoms with Crippen molar-refractivity contribution in [3.63, 3.8) is 0 Å². The first-order valence-electron chi connectivity index (χ1n) is 12.7. The van der Waals surface area contributed by atoms with E-state index in [1.165, 1.54) is 0 Å². The molecule has 41 heavy (non-hydrogen) atoms. The molecule has 2 amide bonds. The van der Waals surface area contributed by atoms with Gasteiger partial charge < -0.3 is 14.2 Å². The van der Waals surface area contributed by atoms with Crippen molar-refractivity contribution < 1.29 is 23.8 Å². The van der Waals surface area contributed by atoms with Crippen molar-refractivity contribution in [3.05, 3.63) is 119 Å². The van der Waals surface area contributed by atoms with Gasteiger partial charge in [0.25, 0.3) is 11.8 Å². The molecule has 0 unspecified atom stereocenters. The second-order valence-electron chi connectivity index (χ2n) is 8.89. The number of methoxy groups -OCH3 is 2. The third kappa shape index (κ3) is 7.79. The zero-order chi connectivity index (χ0) is 29.2. The SMILES string of the molecule is COc1cccc(/C(C)=N/NC(=O)c2ccc(Oc3ccc(C(=O)N/N=C(\C)c4cccc(OC)c4)cc3)cc2)c1. The third-order valence-corrected chi connectivity index (χ3v) is 6.09. The summed E-state index contributed by atoms with van der Waals surface area (Å²) in [5.41, 5.74) is 8.96. The Hall–Kier alpha value is -5.44. The molecule has 9 nitrogen and oxygen atoms in total. The Balaban J connectivity index is 1.31. The van der Waals surface area contributed by atoms with Gasteiger partial charge in [-0.25, -0.2) is 10.9 Å². The predicted octanol–water partition coefficient (Wildman–Crippen LogP) is 5.80. The van der Waals surface area contributed by atoms with Crippen LogP contribution < -0.4 is 25.1 Å². The van der Waals surface area contributed by atoms with E-state index in [-0.39, 0.29) is 11.8 Å². The van der Waals surface area contributed by atoms with Crippen molar-refractivity contribution >= 4 is 23.2 Å². The van der Waals surface area contributed by atoms with E-state index in [9.17, 15) is 9.59 Å². The zero-order valence-corrected chi connectivity index (χ0v) is 23.2. The molecule has 0 aliphatic rings. The molecule has 2 N–H and O–H groups in total. The number of hydrogen-bond donors (Lipinski definition) is 2. The van der Waals surface area contributed by atoms with Gasteiger partial charge in [-0.05, 0) is 86.6 Å². The molecule has 9 heteroatoms. The number of carbonyl (C=O) groups excluding carboxylic acids is 2. The normalized spacial score (nSPS) is 11.4. The van der Waals surface area contributed by atoms with Crippen LogP contribution in [0, 0.1) is 0 Å². The number of ether oxygens (including phenoxy) is 3. The topological polar surface area (TPSA) is 111 Å². The van der Waals surface area contributed by atoms with Crippen LogP contribution in [0.1, 0.15) is 45.7 Å². The Morgan fingerprint density at radius 2 is 0.927 bits per heavy atom. The Morgan fingerprint density at radius 1 is 0.537 bits per heavy atom. The molecule has 0 heterocycles. The van der Waals surface area contributed by atoms with E-state index in [1.54, 1.807) is 76.6 Å². The van der Waals surface area contributed by atoms with Crippen LogP contribution >= 0.6 is 0 Å². The minimum absolute atomic E-state index is 0.349. The van der Waals surface area contributed by atoms with Crippen LogP contribution in [0.5, 0.6) is 23.0 Å². The summed E-state index contributed by atoms with van der Waals surface area (Å²) < 4.78 is 16.3. The van der Waals surface area contributed by atoms with Crippen molar-refractivity contribution in [3.8, 4) is 23.0 Å². The lowest BCUT2D eigenvalue weighted by Crippen LogP contribution is -2.19. The van der Waals surface area contributed by atoms with Crippen molar-refractivity contribution in [1.29, 1.82) is 0 Å². The quantitative estimate of drug-likeness (QED) is 0.191. The maximum Gasteiger partial charge on any atom is 0.271 e. The van der Waals surface area contributed by atoms with Crippen LogP contribution in [-0.4, -0.2) is 37.5 Å². The molecule has 0 aliphatic heterocycles. The number of hydrazone groups is 2. The Kier molecular flexibility index (Phi) is 9.45. The molecule has 0 spiro atoms. The van der Waals surface area contributed by atoms with Gasteiger partial charge in [0.15, 0.2) is 0 Å². The molecule has 0 aliphatic carbocycles. The number of amides is 2. The zero-order valence-electron chi connectivity index (χ0n) is 23.2. The highest BCUT2D eigenvalue weighted by atomic mass is 16.5. The van der Waals surface area contributed by atoms with Crippen LogP contribution in [0.15, 0.2) is 107 Å². The van der Waals surface area contributed by atoms with Crippen molar-refractivity contribution in [1.82, 2.24) is 10.9 Å². The fraction of sp³-hybridized carbons (Fsp3) is 0.125. The molecule has 0 saturated carbocycles. The number of carbonyl (C=O) groups is 2. The maximum absolute atomic E-state index is 12.5. The van der Waals surface area contributed by atoms with E-state index in [2.05, 4.69) is 21.1 Å². The average molecular weight is 551 g/mol. The first kappa shape index (κ1) is 28.6. The summed E-state index contributed by atoms with van der Waals surface area (Å²) in [5, 5.41) is 8.38. The minimum Gasteiger partial charge on any atom is -0.497 e. The third-order valence-electron chi connectivity index (χ3n) is 6.09. The minimum atomic E-state index is -0.349. The first-order chi connectivity index (χ1) is 19.9. The summed E-state index contributed by atoms with van der Waals surface area (Å²) in [7, 11) is 3.19. The first-order valence-corrected chi connectivity index (χ1v) is 12.7. The molecule has 0 bridgehead atoms. The van der Waals surface area contributed by atoms with Gasteiger partial charge in [0.1, 0.15) is 23.0 Å². The number of hydrogen-bond acceptors (Lipinski definition) is 7. The van der Waals surface area contributed by atoms with Crippen LogP contribution in [0.2, 0.25) is 0 Å². The molecule has 4 rings (SSSR count). The van der Waals surface area contributed by atoms with E-state index >= 15 is 0 Å². The van der Waals surface area contributed by atoms with Crippen LogP contribution in [0.4, 0.5) is 0 Å². The lowest BCUT2D eigenvalue weighted by molar-refractivity contribution is 0.0947. The van der Waals surface area contributed by atoms with Gasteiger partial charge in [-0.3, -0.25) is 9.59 Å². The van der Waals surface area contributed by atoms with Crippen LogP contribution in [0.25, 0.3) is 0 Å². The standard InChI is InChI=1S/C32H30N4O5/c1-21(25-7-5-9-29(19-25)39-3)33-35-31(37)23-11-15-27(16-12-23)41-28-17-13-24(14-18-28)32(38)36-34-22(2)26-8-6-10-30(20-26)40-4/h5-20H,1-4H3,(H,35,37)(H,36,38)/b33-21+,34-22+. The van der Waals surface area contributed by atoms with Gasteiger partial charge in [0.05, 0.1) is 25.6 Å². The van der Waals surface area contributed by atoms with Crippen LogP contribution in [0.3, 0.4) is 0 Å². The van der Waals surface area contributed by atoms with E-state index in [4.69, 9.17) is 14.2 Å². The summed E-state index contributed by atoms with van der Waals surface area (Å²) in [5.74, 6) is 1.79. The lowest BCUT2D eigenvalue weighted by Gasteiger charge is -2.08. The summed E-state index contributed by atoms with van der Waals surface area (Å²) in [6, 6.07) is 28.2. The average Bonchev–Trinajstić information content (AvgIpc) is 3.02. The molecule has 0 radical (unpaired) electrons. The summed E-state index contributed by atoms with van der Waals surface area (Å²) in [4.78, 5) is 25.1. The van der Waals surface area contributed by atoms with E-state index in [1.807, 2.05) is 48.5 Å². The Morgan fingerprint density at radius 3 is 1.29 bits per heavy atom. The van der Waals surface area contributed by atoms with Gasteiger partial charge in [0.2, 0.25) is 0 Å². The monoisotopic (exact) mass is 550 g/mol. The highest BCUT2D eigenvalue weighted by molar-refractivity contribution is 6.02. The Bertz CT molecular complexity index is 1460. The van der Waals surface area contributed by atoms with Crippen LogP contribution in [-0.2, 0) is 0 Å². The van der Waals surface area contributed by atoms with Gasteiger partial charge in [0, 0.05) is 22.3 Å².